The number of anilines is 1. The summed E-state index contributed by atoms with van der Waals surface area (Å²) in [6, 6.07) is 5.63. The molecule has 1 aromatic carbocycles. The highest BCUT2D eigenvalue weighted by atomic mass is 16.5. The van der Waals surface area contributed by atoms with Gasteiger partial charge in [-0.05, 0) is 19.1 Å². The van der Waals surface area contributed by atoms with Gasteiger partial charge >= 0.3 is 0 Å². The number of benzene rings is 1. The first kappa shape index (κ1) is 12.1. The number of ether oxygens (including phenoxy) is 1. The smallest absolute Gasteiger partial charge is 0.250 e. The van der Waals surface area contributed by atoms with E-state index in [1.807, 2.05) is 25.1 Å². The van der Waals surface area contributed by atoms with Crippen molar-refractivity contribution >= 4 is 22.5 Å². The third-order valence-corrected chi connectivity index (χ3v) is 3.31. The van der Waals surface area contributed by atoms with Gasteiger partial charge in [0.15, 0.2) is 0 Å². The number of rotatable bonds is 4. The minimum atomic E-state index is -0.209. The summed E-state index contributed by atoms with van der Waals surface area (Å²) in [5.41, 5.74) is 1.43. The van der Waals surface area contributed by atoms with Gasteiger partial charge in [-0.1, -0.05) is 6.07 Å². The molecule has 0 spiro atoms. The second-order valence-corrected chi connectivity index (χ2v) is 5.03. The molecule has 1 amide bonds. The van der Waals surface area contributed by atoms with Gasteiger partial charge in [0.05, 0.1) is 23.0 Å². The van der Waals surface area contributed by atoms with Gasteiger partial charge in [-0.25, -0.2) is 0 Å². The number of hydrogen-bond acceptors (Lipinski definition) is 4. The first-order chi connectivity index (χ1) is 9.16. The fraction of sp³-hybridized carbons (Fsp3) is 0.385. The lowest BCUT2D eigenvalue weighted by Gasteiger charge is -2.38. The number of aromatic amines is 1. The van der Waals surface area contributed by atoms with E-state index < -0.39 is 0 Å². The molecule has 2 heterocycles. The van der Waals surface area contributed by atoms with Crippen molar-refractivity contribution in [3.63, 3.8) is 0 Å². The van der Waals surface area contributed by atoms with Gasteiger partial charge in [-0.3, -0.25) is 9.89 Å². The summed E-state index contributed by atoms with van der Waals surface area (Å²) in [4.78, 5) is 11.9. The summed E-state index contributed by atoms with van der Waals surface area (Å²) in [5.74, 6) is -0.151. The zero-order valence-electron chi connectivity index (χ0n) is 10.7. The summed E-state index contributed by atoms with van der Waals surface area (Å²) in [6.45, 7) is 3.63. The van der Waals surface area contributed by atoms with Crippen LogP contribution in [0, 0.1) is 0 Å². The lowest BCUT2D eigenvalue weighted by molar-refractivity contribution is -0.130. The Hall–Kier alpha value is -1.92. The van der Waals surface area contributed by atoms with E-state index in [0.29, 0.717) is 0 Å². The van der Waals surface area contributed by atoms with Crippen molar-refractivity contribution in [2.45, 2.75) is 12.5 Å². The second-order valence-electron chi connectivity index (χ2n) is 5.03. The third-order valence-electron chi connectivity index (χ3n) is 3.31. The van der Waals surface area contributed by atoms with Crippen molar-refractivity contribution in [1.82, 2.24) is 15.5 Å². The van der Waals surface area contributed by atoms with E-state index in [0.717, 1.165) is 29.7 Å². The van der Waals surface area contributed by atoms with E-state index >= 15 is 0 Å². The molecule has 100 valence electrons. The summed E-state index contributed by atoms with van der Waals surface area (Å²) >= 11 is 0. The zero-order valence-corrected chi connectivity index (χ0v) is 10.7. The number of nitrogens with one attached hydrogen (secondary N) is 3. The molecule has 2 aromatic rings. The minimum absolute atomic E-state index is 0.0619. The first-order valence-corrected chi connectivity index (χ1v) is 6.23. The van der Waals surface area contributed by atoms with Crippen LogP contribution in [0.1, 0.15) is 6.92 Å². The van der Waals surface area contributed by atoms with Crippen LogP contribution in [0.2, 0.25) is 0 Å². The third kappa shape index (κ3) is 2.45. The zero-order chi connectivity index (χ0) is 13.3. The van der Waals surface area contributed by atoms with Crippen molar-refractivity contribution in [3.8, 4) is 0 Å². The molecule has 0 unspecified atom stereocenters. The number of hydrogen-bond donors (Lipinski definition) is 3. The Kier molecular flexibility index (Phi) is 2.96. The van der Waals surface area contributed by atoms with Crippen LogP contribution in [-0.2, 0) is 9.53 Å². The highest BCUT2D eigenvalue weighted by molar-refractivity contribution is 6.01. The molecule has 1 fully saturated rings. The lowest BCUT2D eigenvalue weighted by Crippen LogP contribution is -2.59. The Bertz CT molecular complexity index is 603. The monoisotopic (exact) mass is 260 g/mol. The van der Waals surface area contributed by atoms with Crippen LogP contribution in [0.4, 0.5) is 5.69 Å². The number of carbonyl (C=O) groups excluding carboxylic acids is 1. The SMILES string of the molecule is CC1(OCC(=O)Nc2cccc3[nH]ncc23)CNC1. The highest BCUT2D eigenvalue weighted by Gasteiger charge is 2.33. The largest absolute Gasteiger partial charge is 0.363 e. The molecule has 3 N–H and O–H groups in total. The Morgan fingerprint density at radius 2 is 2.37 bits per heavy atom. The van der Waals surface area contributed by atoms with E-state index in [1.54, 1.807) is 6.20 Å². The highest BCUT2D eigenvalue weighted by Crippen LogP contribution is 2.21. The van der Waals surface area contributed by atoms with Crippen LogP contribution in [0.5, 0.6) is 0 Å². The van der Waals surface area contributed by atoms with Crippen LogP contribution < -0.4 is 10.6 Å². The van der Waals surface area contributed by atoms with Gasteiger partial charge in [-0.2, -0.15) is 5.10 Å². The van der Waals surface area contributed by atoms with E-state index in [1.165, 1.54) is 0 Å². The molecule has 1 aliphatic heterocycles. The van der Waals surface area contributed by atoms with Gasteiger partial charge in [0.1, 0.15) is 6.61 Å². The van der Waals surface area contributed by atoms with Gasteiger partial charge in [0.25, 0.3) is 0 Å². The van der Waals surface area contributed by atoms with E-state index in [2.05, 4.69) is 20.8 Å². The number of aromatic nitrogens is 2. The topological polar surface area (TPSA) is 79.0 Å². The first-order valence-electron chi connectivity index (χ1n) is 6.23. The van der Waals surface area contributed by atoms with Gasteiger partial charge in [-0.15, -0.1) is 0 Å². The Balaban J connectivity index is 1.64. The molecule has 0 aliphatic carbocycles. The second kappa shape index (κ2) is 4.64. The minimum Gasteiger partial charge on any atom is -0.363 e. The van der Waals surface area contributed by atoms with E-state index in [4.69, 9.17) is 4.74 Å². The van der Waals surface area contributed by atoms with Crippen molar-refractivity contribution in [1.29, 1.82) is 0 Å². The van der Waals surface area contributed by atoms with Crippen LogP contribution in [0.15, 0.2) is 24.4 Å². The van der Waals surface area contributed by atoms with Crippen molar-refractivity contribution in [2.75, 3.05) is 25.0 Å². The molecule has 0 radical (unpaired) electrons. The molecule has 19 heavy (non-hydrogen) atoms. The molecular formula is C13H16N4O2. The van der Waals surface area contributed by atoms with Gasteiger partial charge in [0, 0.05) is 18.5 Å². The van der Waals surface area contributed by atoms with Crippen molar-refractivity contribution in [2.24, 2.45) is 0 Å². The summed E-state index contributed by atoms with van der Waals surface area (Å²) in [7, 11) is 0. The molecule has 1 aromatic heterocycles. The predicted molar refractivity (Wildman–Crippen MR) is 72.0 cm³/mol. The van der Waals surface area contributed by atoms with Gasteiger partial charge < -0.3 is 15.4 Å². The van der Waals surface area contributed by atoms with Crippen LogP contribution >= 0.6 is 0 Å². The fourth-order valence-electron chi connectivity index (χ4n) is 2.08. The fourth-order valence-corrected chi connectivity index (χ4v) is 2.08. The van der Waals surface area contributed by atoms with Crippen molar-refractivity contribution < 1.29 is 9.53 Å². The Morgan fingerprint density at radius 1 is 1.53 bits per heavy atom. The quantitative estimate of drug-likeness (QED) is 0.762. The van der Waals surface area contributed by atoms with Crippen LogP contribution in [0.3, 0.4) is 0 Å². The maximum absolute atomic E-state index is 11.9. The summed E-state index contributed by atoms with van der Waals surface area (Å²) in [6.07, 6.45) is 1.70. The average molecular weight is 260 g/mol. The Morgan fingerprint density at radius 3 is 3.11 bits per heavy atom. The van der Waals surface area contributed by atoms with Crippen molar-refractivity contribution in [3.05, 3.63) is 24.4 Å². The molecule has 6 nitrogen and oxygen atoms in total. The maximum atomic E-state index is 11.9. The predicted octanol–water partition coefficient (Wildman–Crippen LogP) is 0.880. The van der Waals surface area contributed by atoms with Crippen LogP contribution in [0.25, 0.3) is 10.9 Å². The number of carbonyl (C=O) groups is 1. The van der Waals surface area contributed by atoms with E-state index in [9.17, 15) is 4.79 Å². The van der Waals surface area contributed by atoms with E-state index in [-0.39, 0.29) is 18.1 Å². The molecule has 0 bridgehead atoms. The summed E-state index contributed by atoms with van der Waals surface area (Å²) in [5, 5.41) is 13.7. The molecule has 3 rings (SSSR count). The maximum Gasteiger partial charge on any atom is 0.250 e. The van der Waals surface area contributed by atoms with Gasteiger partial charge in [0.2, 0.25) is 5.91 Å². The van der Waals surface area contributed by atoms with Crippen LogP contribution in [-0.4, -0.2) is 41.4 Å². The molecule has 6 heteroatoms. The normalized spacial score (nSPS) is 17.1. The number of amides is 1. The molecule has 0 saturated carbocycles. The average Bonchev–Trinajstić information content (AvgIpc) is 2.83. The molecular weight excluding hydrogens is 244 g/mol. The molecule has 1 saturated heterocycles. The molecule has 0 atom stereocenters. The number of fused-ring (bicyclic) bond motifs is 1. The number of nitrogens with zero attached hydrogens (tertiary/aromatic N) is 1. The molecule has 1 aliphatic rings. The standard InChI is InChI=1S/C13H16N4O2/c1-13(7-14-8-13)19-6-12(18)16-10-3-2-4-11-9(10)5-15-17-11/h2-5,14H,6-8H2,1H3,(H,15,17)(H,16,18). The Labute approximate surface area is 110 Å². The lowest BCUT2D eigenvalue weighted by atomic mass is 10.0. The number of H-pyrrole nitrogens is 1. The summed E-state index contributed by atoms with van der Waals surface area (Å²) < 4.78 is 5.60.